The van der Waals surface area contributed by atoms with Gasteiger partial charge in [-0.1, -0.05) is 30.3 Å². The van der Waals surface area contributed by atoms with E-state index in [1.807, 2.05) is 35.2 Å². The van der Waals surface area contributed by atoms with Gasteiger partial charge in [-0.05, 0) is 31.2 Å². The van der Waals surface area contributed by atoms with Gasteiger partial charge in [0, 0.05) is 13.1 Å². The first-order valence-corrected chi connectivity index (χ1v) is 6.53. The van der Waals surface area contributed by atoms with E-state index in [1.54, 1.807) is 0 Å². The van der Waals surface area contributed by atoms with Crippen LogP contribution in [0.3, 0.4) is 0 Å². The minimum atomic E-state index is -0.483. The molecule has 18 heavy (non-hydrogen) atoms. The van der Waals surface area contributed by atoms with Crippen LogP contribution < -0.4 is 0 Å². The Bertz CT molecular complexity index is 430. The highest BCUT2D eigenvalue weighted by atomic mass is 16.2. The SMILES string of the molecule is N#CC(CCc1ccccc1)C(=O)N1CCCC1. The van der Waals surface area contributed by atoms with Gasteiger partial charge in [0.25, 0.3) is 0 Å². The van der Waals surface area contributed by atoms with Crippen LogP contribution in [0.2, 0.25) is 0 Å². The minimum Gasteiger partial charge on any atom is -0.342 e. The summed E-state index contributed by atoms with van der Waals surface area (Å²) in [5, 5.41) is 9.14. The van der Waals surface area contributed by atoms with E-state index in [0.717, 1.165) is 32.4 Å². The average Bonchev–Trinajstić information content (AvgIpc) is 2.94. The molecule has 0 aromatic heterocycles. The molecule has 1 amide bonds. The van der Waals surface area contributed by atoms with Gasteiger partial charge in [0.1, 0.15) is 5.92 Å². The number of hydrogen-bond acceptors (Lipinski definition) is 2. The highest BCUT2D eigenvalue weighted by Crippen LogP contribution is 2.16. The van der Waals surface area contributed by atoms with E-state index < -0.39 is 5.92 Å². The van der Waals surface area contributed by atoms with E-state index in [1.165, 1.54) is 5.56 Å². The van der Waals surface area contributed by atoms with E-state index in [4.69, 9.17) is 5.26 Å². The zero-order valence-corrected chi connectivity index (χ0v) is 10.5. The van der Waals surface area contributed by atoms with Crippen LogP contribution in [0.25, 0.3) is 0 Å². The Morgan fingerprint density at radius 3 is 2.56 bits per heavy atom. The summed E-state index contributed by atoms with van der Waals surface area (Å²) in [6, 6.07) is 12.2. The molecule has 94 valence electrons. The third kappa shape index (κ3) is 3.10. The topological polar surface area (TPSA) is 44.1 Å². The molecular weight excluding hydrogens is 224 g/mol. The summed E-state index contributed by atoms with van der Waals surface area (Å²) in [4.78, 5) is 13.9. The molecule has 1 aromatic rings. The lowest BCUT2D eigenvalue weighted by Gasteiger charge is -2.18. The van der Waals surface area contributed by atoms with Crippen LogP contribution in [-0.4, -0.2) is 23.9 Å². The number of likely N-dealkylation sites (tertiary alicyclic amines) is 1. The molecule has 1 unspecified atom stereocenters. The lowest BCUT2D eigenvalue weighted by Crippen LogP contribution is -2.33. The molecule has 0 bridgehead atoms. The van der Waals surface area contributed by atoms with Crippen molar-refractivity contribution in [2.45, 2.75) is 25.7 Å². The number of benzene rings is 1. The van der Waals surface area contributed by atoms with Gasteiger partial charge in [-0.3, -0.25) is 4.79 Å². The fourth-order valence-corrected chi connectivity index (χ4v) is 2.36. The lowest BCUT2D eigenvalue weighted by molar-refractivity contribution is -0.132. The Labute approximate surface area is 108 Å². The van der Waals surface area contributed by atoms with Crippen molar-refractivity contribution in [1.82, 2.24) is 4.90 Å². The third-order valence-corrected chi connectivity index (χ3v) is 3.44. The number of amides is 1. The first-order valence-electron chi connectivity index (χ1n) is 6.53. The Kier molecular flexibility index (Phi) is 4.35. The molecule has 1 saturated heterocycles. The summed E-state index contributed by atoms with van der Waals surface area (Å²) < 4.78 is 0. The maximum absolute atomic E-state index is 12.1. The van der Waals surface area contributed by atoms with Gasteiger partial charge < -0.3 is 4.90 Å². The van der Waals surface area contributed by atoms with Crippen molar-refractivity contribution in [2.24, 2.45) is 5.92 Å². The fourth-order valence-electron chi connectivity index (χ4n) is 2.36. The second-order valence-corrected chi connectivity index (χ2v) is 4.74. The Balaban J connectivity index is 1.89. The van der Waals surface area contributed by atoms with E-state index in [2.05, 4.69) is 6.07 Å². The average molecular weight is 242 g/mol. The summed E-state index contributed by atoms with van der Waals surface area (Å²) in [5.74, 6) is -0.464. The molecule has 1 heterocycles. The summed E-state index contributed by atoms with van der Waals surface area (Å²) in [6.07, 6.45) is 3.56. The maximum Gasteiger partial charge on any atom is 0.239 e. The molecule has 3 nitrogen and oxygen atoms in total. The molecule has 1 aliphatic heterocycles. The largest absolute Gasteiger partial charge is 0.342 e. The number of nitriles is 1. The fraction of sp³-hybridized carbons (Fsp3) is 0.467. The molecule has 3 heteroatoms. The van der Waals surface area contributed by atoms with Crippen LogP contribution in [0, 0.1) is 17.2 Å². The maximum atomic E-state index is 12.1. The quantitative estimate of drug-likeness (QED) is 0.813. The van der Waals surface area contributed by atoms with Crippen molar-refractivity contribution < 1.29 is 4.79 Å². The molecule has 1 aromatic carbocycles. The van der Waals surface area contributed by atoms with Gasteiger partial charge in [-0.25, -0.2) is 0 Å². The number of carbonyl (C=O) groups is 1. The normalized spacial score (nSPS) is 16.3. The zero-order chi connectivity index (χ0) is 12.8. The number of rotatable bonds is 4. The first-order chi connectivity index (χ1) is 8.81. The second kappa shape index (κ2) is 6.20. The van der Waals surface area contributed by atoms with E-state index >= 15 is 0 Å². The predicted octanol–water partition coefficient (Wildman–Crippen LogP) is 2.38. The van der Waals surface area contributed by atoms with Crippen molar-refractivity contribution in [1.29, 1.82) is 5.26 Å². The van der Waals surface area contributed by atoms with Crippen molar-refractivity contribution in [2.75, 3.05) is 13.1 Å². The highest BCUT2D eigenvalue weighted by Gasteiger charge is 2.25. The molecule has 0 radical (unpaired) electrons. The monoisotopic (exact) mass is 242 g/mol. The minimum absolute atomic E-state index is 0.0194. The predicted molar refractivity (Wildman–Crippen MR) is 69.7 cm³/mol. The zero-order valence-electron chi connectivity index (χ0n) is 10.5. The van der Waals surface area contributed by atoms with Gasteiger partial charge in [-0.2, -0.15) is 5.26 Å². The number of aryl methyl sites for hydroxylation is 1. The molecule has 0 aliphatic carbocycles. The summed E-state index contributed by atoms with van der Waals surface area (Å²) >= 11 is 0. The number of carbonyl (C=O) groups excluding carboxylic acids is 1. The molecule has 2 rings (SSSR count). The van der Waals surface area contributed by atoms with Crippen LogP contribution >= 0.6 is 0 Å². The lowest BCUT2D eigenvalue weighted by atomic mass is 9.99. The molecular formula is C15H18N2O. The van der Waals surface area contributed by atoms with Crippen LogP contribution in [-0.2, 0) is 11.2 Å². The van der Waals surface area contributed by atoms with Crippen LogP contribution in [0.1, 0.15) is 24.8 Å². The van der Waals surface area contributed by atoms with Crippen LogP contribution in [0.5, 0.6) is 0 Å². The first kappa shape index (κ1) is 12.6. The molecule has 0 saturated carbocycles. The van der Waals surface area contributed by atoms with E-state index in [-0.39, 0.29) is 5.91 Å². The Morgan fingerprint density at radius 2 is 1.94 bits per heavy atom. The summed E-state index contributed by atoms with van der Waals surface area (Å²) in [6.45, 7) is 1.64. The van der Waals surface area contributed by atoms with Crippen molar-refractivity contribution >= 4 is 5.91 Å². The smallest absolute Gasteiger partial charge is 0.239 e. The summed E-state index contributed by atoms with van der Waals surface area (Å²) in [7, 11) is 0. The second-order valence-electron chi connectivity index (χ2n) is 4.74. The summed E-state index contributed by atoms with van der Waals surface area (Å²) in [5.41, 5.74) is 1.19. The number of hydrogen-bond donors (Lipinski definition) is 0. The van der Waals surface area contributed by atoms with Gasteiger partial charge in [0.05, 0.1) is 6.07 Å². The standard InChI is InChI=1S/C15H18N2O/c16-12-14(15(18)17-10-4-5-11-17)9-8-13-6-2-1-3-7-13/h1-3,6-7,14H,4-5,8-11H2. The van der Waals surface area contributed by atoms with Gasteiger partial charge in [0.15, 0.2) is 0 Å². The van der Waals surface area contributed by atoms with Crippen LogP contribution in [0.15, 0.2) is 30.3 Å². The molecule has 1 fully saturated rings. The molecule has 0 spiro atoms. The Morgan fingerprint density at radius 1 is 1.28 bits per heavy atom. The van der Waals surface area contributed by atoms with Gasteiger partial charge in [0.2, 0.25) is 5.91 Å². The van der Waals surface area contributed by atoms with Gasteiger partial charge >= 0.3 is 0 Å². The van der Waals surface area contributed by atoms with E-state index in [0.29, 0.717) is 6.42 Å². The van der Waals surface area contributed by atoms with Gasteiger partial charge in [-0.15, -0.1) is 0 Å². The van der Waals surface area contributed by atoms with Crippen molar-refractivity contribution in [3.8, 4) is 6.07 Å². The number of nitrogens with zero attached hydrogens (tertiary/aromatic N) is 2. The highest BCUT2D eigenvalue weighted by molar-refractivity contribution is 5.81. The Hall–Kier alpha value is -1.82. The van der Waals surface area contributed by atoms with Crippen molar-refractivity contribution in [3.63, 3.8) is 0 Å². The van der Waals surface area contributed by atoms with E-state index in [9.17, 15) is 4.79 Å². The molecule has 0 N–H and O–H groups in total. The molecule has 1 aliphatic rings. The third-order valence-electron chi connectivity index (χ3n) is 3.44. The molecule has 1 atom stereocenters. The van der Waals surface area contributed by atoms with Crippen LogP contribution in [0.4, 0.5) is 0 Å². The van der Waals surface area contributed by atoms with Crippen molar-refractivity contribution in [3.05, 3.63) is 35.9 Å².